The van der Waals surface area contributed by atoms with Gasteiger partial charge in [-0.3, -0.25) is 0 Å². The Labute approximate surface area is 115 Å². The predicted molar refractivity (Wildman–Crippen MR) is 76.1 cm³/mol. The van der Waals surface area contributed by atoms with Crippen molar-refractivity contribution in [2.45, 2.75) is 46.1 Å². The van der Waals surface area contributed by atoms with Gasteiger partial charge in [-0.25, -0.2) is 4.79 Å². The standard InChI is InChI=1S/C16H24O3/c1-10(2)16(18,15(17)19-6)13(5)14-9-11(3)7-8-12(14)4/h7-10,13,18H,1-6H3. The average molecular weight is 264 g/mol. The van der Waals surface area contributed by atoms with E-state index in [2.05, 4.69) is 0 Å². The van der Waals surface area contributed by atoms with Gasteiger partial charge in [0, 0.05) is 5.92 Å². The number of aryl methyl sites for hydroxylation is 2. The van der Waals surface area contributed by atoms with Crippen LogP contribution in [0.15, 0.2) is 18.2 Å². The molecule has 3 heteroatoms. The van der Waals surface area contributed by atoms with Crippen LogP contribution < -0.4 is 0 Å². The highest BCUT2D eigenvalue weighted by molar-refractivity contribution is 5.81. The van der Waals surface area contributed by atoms with Crippen molar-refractivity contribution >= 4 is 5.97 Å². The molecule has 3 nitrogen and oxygen atoms in total. The Hall–Kier alpha value is -1.35. The van der Waals surface area contributed by atoms with E-state index in [0.29, 0.717) is 0 Å². The van der Waals surface area contributed by atoms with E-state index in [1.54, 1.807) is 0 Å². The molecule has 0 amide bonds. The number of esters is 1. The molecule has 0 heterocycles. The van der Waals surface area contributed by atoms with Gasteiger partial charge in [0.05, 0.1) is 7.11 Å². The Morgan fingerprint density at radius 1 is 1.26 bits per heavy atom. The maximum atomic E-state index is 12.0. The highest BCUT2D eigenvalue weighted by Gasteiger charge is 2.46. The lowest BCUT2D eigenvalue weighted by Gasteiger charge is -2.36. The first-order valence-electron chi connectivity index (χ1n) is 6.63. The molecule has 0 spiro atoms. The van der Waals surface area contributed by atoms with Gasteiger partial charge >= 0.3 is 5.97 Å². The molecule has 0 aliphatic rings. The molecule has 0 bridgehead atoms. The van der Waals surface area contributed by atoms with Crippen LogP contribution in [0.5, 0.6) is 0 Å². The Morgan fingerprint density at radius 2 is 1.84 bits per heavy atom. The van der Waals surface area contributed by atoms with Gasteiger partial charge in [-0.1, -0.05) is 44.5 Å². The number of hydrogen-bond donors (Lipinski definition) is 1. The number of benzene rings is 1. The van der Waals surface area contributed by atoms with Gasteiger partial charge in [-0.2, -0.15) is 0 Å². The lowest BCUT2D eigenvalue weighted by atomic mass is 9.74. The molecule has 0 saturated heterocycles. The van der Waals surface area contributed by atoms with E-state index >= 15 is 0 Å². The molecule has 2 unspecified atom stereocenters. The number of ether oxygens (including phenoxy) is 1. The van der Waals surface area contributed by atoms with E-state index in [1.165, 1.54) is 7.11 Å². The highest BCUT2D eigenvalue weighted by atomic mass is 16.5. The zero-order valence-corrected chi connectivity index (χ0v) is 12.7. The second-order valence-corrected chi connectivity index (χ2v) is 5.55. The molecule has 0 radical (unpaired) electrons. The molecule has 0 saturated carbocycles. The van der Waals surface area contributed by atoms with E-state index in [4.69, 9.17) is 4.74 Å². The first-order valence-corrected chi connectivity index (χ1v) is 6.63. The van der Waals surface area contributed by atoms with Crippen LogP contribution in [0.25, 0.3) is 0 Å². The van der Waals surface area contributed by atoms with Crippen LogP contribution in [-0.2, 0) is 9.53 Å². The highest BCUT2D eigenvalue weighted by Crippen LogP contribution is 2.36. The van der Waals surface area contributed by atoms with Crippen LogP contribution in [0.4, 0.5) is 0 Å². The van der Waals surface area contributed by atoms with E-state index in [9.17, 15) is 9.90 Å². The molecule has 1 N–H and O–H groups in total. The third-order valence-electron chi connectivity index (χ3n) is 3.95. The third kappa shape index (κ3) is 2.81. The van der Waals surface area contributed by atoms with E-state index < -0.39 is 11.6 Å². The second-order valence-electron chi connectivity index (χ2n) is 5.55. The van der Waals surface area contributed by atoms with Crippen LogP contribution in [0, 0.1) is 19.8 Å². The summed E-state index contributed by atoms with van der Waals surface area (Å²) in [4.78, 5) is 12.0. The maximum absolute atomic E-state index is 12.0. The molecule has 1 aromatic rings. The van der Waals surface area contributed by atoms with Gasteiger partial charge in [0.1, 0.15) is 0 Å². The van der Waals surface area contributed by atoms with Crippen molar-refractivity contribution in [2.24, 2.45) is 5.92 Å². The molecule has 0 fully saturated rings. The van der Waals surface area contributed by atoms with Crippen molar-refractivity contribution < 1.29 is 14.6 Å². The normalized spacial score (nSPS) is 16.0. The molecule has 1 aromatic carbocycles. The Balaban J connectivity index is 3.31. The fourth-order valence-electron chi connectivity index (χ4n) is 2.54. The number of aliphatic hydroxyl groups is 1. The molecule has 1 rings (SSSR count). The zero-order chi connectivity index (χ0) is 14.8. The van der Waals surface area contributed by atoms with Crippen LogP contribution in [0.3, 0.4) is 0 Å². The third-order valence-corrected chi connectivity index (χ3v) is 3.95. The molecular weight excluding hydrogens is 240 g/mol. The lowest BCUT2D eigenvalue weighted by Crippen LogP contribution is -2.49. The second kappa shape index (κ2) is 5.74. The topological polar surface area (TPSA) is 46.5 Å². The minimum absolute atomic E-state index is 0.227. The van der Waals surface area contributed by atoms with Gasteiger partial charge in [0.15, 0.2) is 5.60 Å². The van der Waals surface area contributed by atoms with Crippen molar-refractivity contribution in [1.82, 2.24) is 0 Å². The van der Waals surface area contributed by atoms with Gasteiger partial charge in [0.2, 0.25) is 0 Å². The summed E-state index contributed by atoms with van der Waals surface area (Å²) in [5, 5.41) is 10.8. The summed E-state index contributed by atoms with van der Waals surface area (Å²) in [5.74, 6) is -1.12. The number of hydrogen-bond acceptors (Lipinski definition) is 3. The van der Waals surface area contributed by atoms with E-state index in [-0.39, 0.29) is 11.8 Å². The molecule has 0 aromatic heterocycles. The lowest BCUT2D eigenvalue weighted by molar-refractivity contribution is -0.170. The van der Waals surface area contributed by atoms with Gasteiger partial charge in [-0.05, 0) is 30.9 Å². The fourth-order valence-corrected chi connectivity index (χ4v) is 2.54. The number of methoxy groups -OCH3 is 1. The summed E-state index contributed by atoms with van der Waals surface area (Å²) >= 11 is 0. The first-order chi connectivity index (χ1) is 8.75. The number of rotatable bonds is 4. The number of carbonyl (C=O) groups excluding carboxylic acids is 1. The summed E-state index contributed by atoms with van der Waals surface area (Å²) in [6.45, 7) is 9.53. The summed E-state index contributed by atoms with van der Waals surface area (Å²) in [5.41, 5.74) is 1.67. The van der Waals surface area contributed by atoms with Crippen molar-refractivity contribution in [3.63, 3.8) is 0 Å². The van der Waals surface area contributed by atoms with Crippen LogP contribution >= 0.6 is 0 Å². The molecule has 2 atom stereocenters. The van der Waals surface area contributed by atoms with Crippen LogP contribution in [0.2, 0.25) is 0 Å². The first kappa shape index (κ1) is 15.7. The maximum Gasteiger partial charge on any atom is 0.338 e. The molecule has 0 aliphatic carbocycles. The van der Waals surface area contributed by atoms with E-state index in [0.717, 1.165) is 16.7 Å². The summed E-state index contributed by atoms with van der Waals surface area (Å²) in [6, 6.07) is 6.06. The smallest absolute Gasteiger partial charge is 0.338 e. The Kier molecular flexibility index (Phi) is 4.75. The molecular formula is C16H24O3. The summed E-state index contributed by atoms with van der Waals surface area (Å²) in [7, 11) is 1.31. The monoisotopic (exact) mass is 264 g/mol. The van der Waals surface area contributed by atoms with Crippen molar-refractivity contribution in [1.29, 1.82) is 0 Å². The van der Waals surface area contributed by atoms with E-state index in [1.807, 2.05) is 52.8 Å². The largest absolute Gasteiger partial charge is 0.467 e. The number of carbonyl (C=O) groups is 1. The summed E-state index contributed by atoms with van der Waals surface area (Å²) < 4.78 is 4.80. The molecule has 106 valence electrons. The minimum atomic E-state index is -1.51. The van der Waals surface area contributed by atoms with Crippen molar-refractivity contribution in [3.8, 4) is 0 Å². The van der Waals surface area contributed by atoms with Crippen LogP contribution in [-0.4, -0.2) is 23.8 Å². The van der Waals surface area contributed by atoms with Crippen molar-refractivity contribution in [2.75, 3.05) is 7.11 Å². The Bertz CT molecular complexity index is 465. The zero-order valence-electron chi connectivity index (χ0n) is 12.7. The predicted octanol–water partition coefficient (Wildman–Crippen LogP) is 2.97. The van der Waals surface area contributed by atoms with Gasteiger partial charge in [0.25, 0.3) is 0 Å². The molecule has 0 aliphatic heterocycles. The van der Waals surface area contributed by atoms with Gasteiger partial charge < -0.3 is 9.84 Å². The fraction of sp³-hybridized carbons (Fsp3) is 0.562. The molecule has 19 heavy (non-hydrogen) atoms. The Morgan fingerprint density at radius 3 is 2.32 bits per heavy atom. The summed E-state index contributed by atoms with van der Waals surface area (Å²) in [6.07, 6.45) is 0. The van der Waals surface area contributed by atoms with Gasteiger partial charge in [-0.15, -0.1) is 0 Å². The minimum Gasteiger partial charge on any atom is -0.467 e. The quantitative estimate of drug-likeness (QED) is 0.850. The van der Waals surface area contributed by atoms with Crippen LogP contribution in [0.1, 0.15) is 43.4 Å². The van der Waals surface area contributed by atoms with Crippen molar-refractivity contribution in [3.05, 3.63) is 34.9 Å². The SMILES string of the molecule is COC(=O)C(O)(C(C)C)C(C)c1cc(C)ccc1C. The average Bonchev–Trinajstić information content (AvgIpc) is 2.38.